The number of aromatic nitrogens is 1. The average molecular weight is 929 g/mol. The van der Waals surface area contributed by atoms with Gasteiger partial charge in [0, 0.05) is 64.7 Å². The highest BCUT2D eigenvalue weighted by molar-refractivity contribution is 7.25. The fraction of sp³-hybridized carbons (Fsp3) is 0.250. The second-order valence-electron chi connectivity index (χ2n) is 24.1. The lowest BCUT2D eigenvalue weighted by molar-refractivity contribution is 0.332. The summed E-state index contributed by atoms with van der Waals surface area (Å²) < 4.78 is 19.6. The number of rotatable bonds is 3. The molecular formula is C64H57BN2O2S. The molecule has 1 N–H and O–H groups in total. The molecule has 12 aromatic rings. The number of fused-ring (bicyclic) bond motifs is 16. The van der Waals surface area contributed by atoms with Gasteiger partial charge in [-0.15, -0.1) is 11.3 Å². The smallest absolute Gasteiger partial charge is 0.198 e. The van der Waals surface area contributed by atoms with E-state index in [0.29, 0.717) is 0 Å². The van der Waals surface area contributed by atoms with Crippen LogP contribution < -0.4 is 16.2 Å². The van der Waals surface area contributed by atoms with Crippen LogP contribution in [0.1, 0.15) is 104 Å². The summed E-state index contributed by atoms with van der Waals surface area (Å²) in [5.74, 6) is 0. The van der Waals surface area contributed by atoms with Gasteiger partial charge in [0.25, 0.3) is 0 Å². The van der Waals surface area contributed by atoms with Gasteiger partial charge in [-0.3, -0.25) is 0 Å². The molecule has 4 aromatic heterocycles. The molecule has 0 spiro atoms. The van der Waals surface area contributed by atoms with Gasteiger partial charge < -0.3 is 18.7 Å². The zero-order valence-electron chi connectivity index (χ0n) is 41.9. The molecule has 0 fully saturated rings. The van der Waals surface area contributed by atoms with Crippen molar-refractivity contribution in [1.82, 2.24) is 4.57 Å². The van der Waals surface area contributed by atoms with Gasteiger partial charge in [-0.25, -0.2) is 0 Å². The fourth-order valence-corrected chi connectivity index (χ4v) is 13.6. The summed E-state index contributed by atoms with van der Waals surface area (Å²) in [5.41, 5.74) is 19.9. The quantitative estimate of drug-likeness (QED) is 0.180. The Morgan fingerprint density at radius 3 is 2.00 bits per heavy atom. The fourth-order valence-electron chi connectivity index (χ4n) is 12.5. The van der Waals surface area contributed by atoms with Gasteiger partial charge in [-0.1, -0.05) is 135 Å². The summed E-state index contributed by atoms with van der Waals surface area (Å²) in [4.78, 5) is 0. The molecule has 0 radical (unpaired) electrons. The van der Waals surface area contributed by atoms with Crippen molar-refractivity contribution in [2.24, 2.45) is 0 Å². The number of thiophene rings is 1. The number of hydrogen-bond donors (Lipinski definition) is 1. The molecule has 14 rings (SSSR count). The lowest BCUT2D eigenvalue weighted by Gasteiger charge is -2.41. The minimum atomic E-state index is -0.0433. The zero-order valence-corrected chi connectivity index (χ0v) is 42.7. The van der Waals surface area contributed by atoms with E-state index in [-0.39, 0.29) is 21.7 Å². The third-order valence-corrected chi connectivity index (χ3v) is 17.7. The van der Waals surface area contributed by atoms with Crippen LogP contribution in [0.25, 0.3) is 103 Å². The highest BCUT2D eigenvalue weighted by Gasteiger charge is 2.39. The molecule has 4 nitrogen and oxygen atoms in total. The summed E-state index contributed by atoms with van der Waals surface area (Å²) in [6.45, 7) is 23.4. The summed E-state index contributed by atoms with van der Waals surface area (Å²) in [6, 6.07) is 48.3. The summed E-state index contributed by atoms with van der Waals surface area (Å²) >= 11 is 1.89. The van der Waals surface area contributed by atoms with E-state index in [0.717, 1.165) is 75.6 Å². The molecule has 0 saturated carbocycles. The molecule has 0 atom stereocenters. The van der Waals surface area contributed by atoms with Gasteiger partial charge in [0.2, 0.25) is 0 Å². The molecular weight excluding hydrogens is 872 g/mol. The Bertz CT molecular complexity index is 4250. The number of furan rings is 2. The van der Waals surface area contributed by atoms with Gasteiger partial charge in [-0.2, -0.15) is 0 Å². The minimum absolute atomic E-state index is 0.0362. The van der Waals surface area contributed by atoms with E-state index >= 15 is 0 Å². The Hall–Kier alpha value is -6.76. The molecule has 5 heterocycles. The van der Waals surface area contributed by atoms with Crippen molar-refractivity contribution in [1.29, 1.82) is 0 Å². The van der Waals surface area contributed by atoms with Gasteiger partial charge >= 0.3 is 0 Å². The number of nitrogens with zero attached hydrogens (tertiary/aromatic N) is 1. The molecule has 0 saturated heterocycles. The number of hydrogen-bond acceptors (Lipinski definition) is 4. The Labute approximate surface area is 413 Å². The molecule has 344 valence electrons. The van der Waals surface area contributed by atoms with Crippen LogP contribution in [0.15, 0.2) is 136 Å². The van der Waals surface area contributed by atoms with E-state index in [2.05, 4.69) is 207 Å². The third kappa shape index (κ3) is 5.95. The topological polar surface area (TPSA) is 43.2 Å². The molecule has 8 aromatic carbocycles. The number of para-hydroxylation sites is 1. The number of nitrogens with one attached hydrogen (secondary N) is 1. The van der Waals surface area contributed by atoms with Gasteiger partial charge in [-0.05, 0) is 134 Å². The summed E-state index contributed by atoms with van der Waals surface area (Å²) in [6.07, 6.45) is 2.30. The van der Waals surface area contributed by atoms with Gasteiger partial charge in [0.15, 0.2) is 7.28 Å². The normalized spacial score (nSPS) is 15.5. The summed E-state index contributed by atoms with van der Waals surface area (Å²) in [7, 11) is 0.764. The van der Waals surface area contributed by atoms with Crippen molar-refractivity contribution >= 4 is 127 Å². The van der Waals surface area contributed by atoms with E-state index in [1.807, 2.05) is 11.3 Å². The molecule has 1 aliphatic heterocycles. The second kappa shape index (κ2) is 14.0. The Morgan fingerprint density at radius 2 is 1.24 bits per heavy atom. The lowest BCUT2D eigenvalue weighted by Crippen LogP contribution is -2.37. The Balaban J connectivity index is 1.15. The van der Waals surface area contributed by atoms with E-state index < -0.39 is 0 Å². The van der Waals surface area contributed by atoms with Crippen molar-refractivity contribution in [3.63, 3.8) is 0 Å². The summed E-state index contributed by atoms with van der Waals surface area (Å²) in [5, 5.41) is 13.7. The van der Waals surface area contributed by atoms with Crippen molar-refractivity contribution in [2.45, 2.75) is 104 Å². The van der Waals surface area contributed by atoms with E-state index in [1.165, 1.54) is 91.8 Å². The Kier molecular flexibility index (Phi) is 8.42. The van der Waals surface area contributed by atoms with E-state index in [9.17, 15) is 0 Å². The Morgan fingerprint density at radius 1 is 0.571 bits per heavy atom. The first kappa shape index (κ1) is 42.2. The van der Waals surface area contributed by atoms with Crippen LogP contribution in [0.4, 0.5) is 11.4 Å². The first-order valence-electron chi connectivity index (χ1n) is 25.2. The maximum atomic E-state index is 7.30. The maximum Gasteiger partial charge on any atom is 0.198 e. The monoisotopic (exact) mass is 928 g/mol. The van der Waals surface area contributed by atoms with Crippen LogP contribution >= 0.6 is 11.3 Å². The van der Waals surface area contributed by atoms with Crippen LogP contribution in [0.3, 0.4) is 0 Å². The molecule has 1 aliphatic carbocycles. The van der Waals surface area contributed by atoms with Crippen LogP contribution in [0.2, 0.25) is 0 Å². The standard InChI is InChI=1S/C64H57BN2O2S/c1-61(2,3)34-19-22-36(23-20-34)66-47-32-52-39(40-29-44-45(31-51(40)68-52)64(9,10)26-25-63(44,7)8)28-42(47)55-56-38-16-11-13-17-50(38)69-60(56)57-43-27-35(62(4,5)6)21-24-48(43)67-49-33-54-41(30-46(49)65-58(55)59(57)67)37-15-12-14-18-53(37)70-54/h11-24,27-33,65-66H,25-26H2,1-10H3. The molecule has 6 heteroatoms. The van der Waals surface area contributed by atoms with Crippen molar-refractivity contribution in [3.05, 3.63) is 150 Å². The minimum Gasteiger partial charge on any atom is -0.456 e. The first-order chi connectivity index (χ1) is 33.4. The van der Waals surface area contributed by atoms with Crippen molar-refractivity contribution < 1.29 is 8.83 Å². The molecule has 0 amide bonds. The van der Waals surface area contributed by atoms with E-state index in [4.69, 9.17) is 8.83 Å². The third-order valence-electron chi connectivity index (χ3n) is 16.6. The zero-order chi connectivity index (χ0) is 48.0. The predicted molar refractivity (Wildman–Crippen MR) is 302 cm³/mol. The van der Waals surface area contributed by atoms with Gasteiger partial charge in [0.1, 0.15) is 22.3 Å². The van der Waals surface area contributed by atoms with Crippen molar-refractivity contribution in [3.8, 4) is 16.8 Å². The molecule has 0 unspecified atom stereocenters. The SMILES string of the molecule is CC(C)(C)c1ccc(Nc2cc3oc4cc5c(cc4c3cc2-c2c3c4c(c6cc(C(C)(C)C)ccc6n4-c4cc6sc7ccccc7c6cc4B3)c3oc4ccccc4c23)C(C)(C)CCC5(C)C)cc1. The van der Waals surface area contributed by atoms with Crippen LogP contribution in [0, 0.1) is 0 Å². The first-order valence-corrected chi connectivity index (χ1v) is 26.1. The number of benzene rings is 8. The predicted octanol–water partition coefficient (Wildman–Crippen LogP) is 17.0. The van der Waals surface area contributed by atoms with Crippen LogP contribution in [-0.4, -0.2) is 11.8 Å². The average Bonchev–Trinajstić information content (AvgIpc) is 4.08. The highest BCUT2D eigenvalue weighted by Crippen LogP contribution is 2.52. The van der Waals surface area contributed by atoms with Crippen molar-refractivity contribution in [2.75, 3.05) is 5.32 Å². The maximum absolute atomic E-state index is 7.30. The highest BCUT2D eigenvalue weighted by atomic mass is 32.1. The second-order valence-corrected chi connectivity index (χ2v) is 25.1. The number of anilines is 2. The molecule has 70 heavy (non-hydrogen) atoms. The van der Waals surface area contributed by atoms with Crippen LogP contribution in [0.5, 0.6) is 0 Å². The van der Waals surface area contributed by atoms with E-state index in [1.54, 1.807) is 0 Å². The molecule has 0 bridgehead atoms. The molecule has 2 aliphatic rings. The largest absolute Gasteiger partial charge is 0.456 e. The lowest BCUT2D eigenvalue weighted by atomic mass is 9.58. The van der Waals surface area contributed by atoms with Gasteiger partial charge in [0.05, 0.1) is 22.1 Å². The van der Waals surface area contributed by atoms with Crippen LogP contribution in [-0.2, 0) is 21.7 Å².